The van der Waals surface area contributed by atoms with Crippen molar-refractivity contribution >= 4 is 5.91 Å². The van der Waals surface area contributed by atoms with E-state index < -0.39 is 0 Å². The van der Waals surface area contributed by atoms with Gasteiger partial charge in [0.25, 0.3) is 5.91 Å². The van der Waals surface area contributed by atoms with Crippen LogP contribution >= 0.6 is 0 Å². The van der Waals surface area contributed by atoms with E-state index >= 15 is 0 Å². The fraction of sp³-hybridized carbons (Fsp3) is 0.278. The molecule has 0 unspecified atom stereocenters. The Morgan fingerprint density at radius 3 is 2.24 bits per heavy atom. The maximum Gasteiger partial charge on any atom is 0.258 e. The SMILES string of the molecule is CC(C)NC(=O)COc1ccc(Cc2ccccc2)cc1. The molecule has 2 rings (SSSR count). The van der Waals surface area contributed by atoms with Gasteiger partial charge in [0.2, 0.25) is 0 Å². The van der Waals surface area contributed by atoms with Gasteiger partial charge in [0, 0.05) is 6.04 Å². The van der Waals surface area contributed by atoms with E-state index in [1.807, 2.05) is 56.3 Å². The number of carbonyl (C=O) groups excluding carboxylic acids is 1. The molecular formula is C18H21NO2. The Balaban J connectivity index is 1.86. The molecule has 1 amide bonds. The zero-order chi connectivity index (χ0) is 15.1. The third-order valence-corrected chi connectivity index (χ3v) is 2.99. The molecule has 0 saturated carbocycles. The highest BCUT2D eigenvalue weighted by Crippen LogP contribution is 2.15. The summed E-state index contributed by atoms with van der Waals surface area (Å²) in [6.45, 7) is 3.91. The van der Waals surface area contributed by atoms with Crippen molar-refractivity contribution in [2.24, 2.45) is 0 Å². The minimum absolute atomic E-state index is 0.0518. The van der Waals surface area contributed by atoms with Crippen LogP contribution in [0.15, 0.2) is 54.6 Å². The van der Waals surface area contributed by atoms with Crippen LogP contribution in [0.25, 0.3) is 0 Å². The first-order chi connectivity index (χ1) is 10.1. The van der Waals surface area contributed by atoms with Crippen LogP contribution in [-0.2, 0) is 11.2 Å². The molecule has 0 radical (unpaired) electrons. The lowest BCUT2D eigenvalue weighted by Gasteiger charge is -2.10. The average Bonchev–Trinajstić information content (AvgIpc) is 2.47. The number of amides is 1. The number of carbonyl (C=O) groups is 1. The van der Waals surface area contributed by atoms with Gasteiger partial charge in [-0.25, -0.2) is 0 Å². The highest BCUT2D eigenvalue weighted by Gasteiger charge is 2.04. The van der Waals surface area contributed by atoms with Crippen LogP contribution in [0.1, 0.15) is 25.0 Å². The topological polar surface area (TPSA) is 38.3 Å². The molecule has 0 heterocycles. The Morgan fingerprint density at radius 1 is 1.00 bits per heavy atom. The monoisotopic (exact) mass is 283 g/mol. The Bertz CT molecular complexity index is 562. The second kappa shape index (κ2) is 7.48. The van der Waals surface area contributed by atoms with Gasteiger partial charge in [-0.3, -0.25) is 4.79 Å². The van der Waals surface area contributed by atoms with Crippen LogP contribution in [-0.4, -0.2) is 18.6 Å². The molecule has 0 fully saturated rings. The van der Waals surface area contributed by atoms with Crippen molar-refractivity contribution in [2.75, 3.05) is 6.61 Å². The summed E-state index contributed by atoms with van der Waals surface area (Å²) in [5.41, 5.74) is 2.50. The largest absolute Gasteiger partial charge is 0.484 e. The third kappa shape index (κ3) is 5.30. The molecule has 0 saturated heterocycles. The summed E-state index contributed by atoms with van der Waals surface area (Å²) in [4.78, 5) is 11.5. The Kier molecular flexibility index (Phi) is 5.38. The molecule has 3 heteroatoms. The molecule has 0 aromatic heterocycles. The van der Waals surface area contributed by atoms with E-state index in [0.717, 1.165) is 6.42 Å². The van der Waals surface area contributed by atoms with Crippen LogP contribution in [0.3, 0.4) is 0 Å². The molecule has 21 heavy (non-hydrogen) atoms. The van der Waals surface area contributed by atoms with Crippen LogP contribution in [0.5, 0.6) is 5.75 Å². The van der Waals surface area contributed by atoms with Crippen molar-refractivity contribution in [2.45, 2.75) is 26.3 Å². The number of hydrogen-bond acceptors (Lipinski definition) is 2. The molecule has 0 aliphatic carbocycles. The third-order valence-electron chi connectivity index (χ3n) is 2.99. The summed E-state index contributed by atoms with van der Waals surface area (Å²) in [6.07, 6.45) is 0.898. The van der Waals surface area contributed by atoms with Gasteiger partial charge in [0.05, 0.1) is 0 Å². The van der Waals surface area contributed by atoms with Gasteiger partial charge in [-0.1, -0.05) is 42.5 Å². The highest BCUT2D eigenvalue weighted by molar-refractivity contribution is 5.77. The molecule has 0 aliphatic rings. The van der Waals surface area contributed by atoms with E-state index in [4.69, 9.17) is 4.74 Å². The molecule has 0 aliphatic heterocycles. The molecule has 0 atom stereocenters. The van der Waals surface area contributed by atoms with Gasteiger partial charge >= 0.3 is 0 Å². The van der Waals surface area contributed by atoms with Gasteiger partial charge < -0.3 is 10.1 Å². The molecular weight excluding hydrogens is 262 g/mol. The van der Waals surface area contributed by atoms with E-state index in [2.05, 4.69) is 17.4 Å². The van der Waals surface area contributed by atoms with Gasteiger partial charge in [0.15, 0.2) is 6.61 Å². The zero-order valence-corrected chi connectivity index (χ0v) is 12.5. The van der Waals surface area contributed by atoms with Gasteiger partial charge in [-0.2, -0.15) is 0 Å². The fourth-order valence-corrected chi connectivity index (χ4v) is 2.05. The smallest absolute Gasteiger partial charge is 0.258 e. The summed E-state index contributed by atoms with van der Waals surface area (Å²) in [7, 11) is 0. The molecule has 2 aromatic carbocycles. The van der Waals surface area contributed by atoms with Crippen molar-refractivity contribution in [3.63, 3.8) is 0 Å². The lowest BCUT2D eigenvalue weighted by Crippen LogP contribution is -2.34. The summed E-state index contributed by atoms with van der Waals surface area (Å²) >= 11 is 0. The van der Waals surface area contributed by atoms with Crippen molar-refractivity contribution in [3.05, 3.63) is 65.7 Å². The van der Waals surface area contributed by atoms with Crippen molar-refractivity contribution in [1.82, 2.24) is 5.32 Å². The first kappa shape index (κ1) is 15.1. The summed E-state index contributed by atoms with van der Waals surface area (Å²) in [5.74, 6) is 0.615. The Morgan fingerprint density at radius 2 is 1.62 bits per heavy atom. The number of rotatable bonds is 6. The minimum Gasteiger partial charge on any atom is -0.484 e. The predicted octanol–water partition coefficient (Wildman–Crippen LogP) is 3.18. The van der Waals surface area contributed by atoms with Crippen LogP contribution in [0.2, 0.25) is 0 Å². The van der Waals surface area contributed by atoms with Gasteiger partial charge in [0.1, 0.15) is 5.75 Å². The normalized spacial score (nSPS) is 10.4. The summed E-state index contributed by atoms with van der Waals surface area (Å²) < 4.78 is 5.46. The number of benzene rings is 2. The zero-order valence-electron chi connectivity index (χ0n) is 12.5. The maximum atomic E-state index is 11.5. The van der Waals surface area contributed by atoms with Crippen LogP contribution < -0.4 is 10.1 Å². The Hall–Kier alpha value is -2.29. The maximum absolute atomic E-state index is 11.5. The quantitative estimate of drug-likeness (QED) is 0.884. The molecule has 1 N–H and O–H groups in total. The first-order valence-electron chi connectivity index (χ1n) is 7.18. The van der Waals surface area contributed by atoms with Crippen molar-refractivity contribution in [1.29, 1.82) is 0 Å². The molecule has 0 bridgehead atoms. The predicted molar refractivity (Wildman–Crippen MR) is 84.5 cm³/mol. The summed E-state index contributed by atoms with van der Waals surface area (Å²) in [6, 6.07) is 18.3. The number of ether oxygens (including phenoxy) is 1. The average molecular weight is 283 g/mol. The Labute approximate surface area is 126 Å². The van der Waals surface area contributed by atoms with Crippen molar-refractivity contribution in [3.8, 4) is 5.75 Å². The highest BCUT2D eigenvalue weighted by atomic mass is 16.5. The summed E-state index contributed by atoms with van der Waals surface area (Å²) in [5, 5.41) is 2.79. The van der Waals surface area contributed by atoms with Crippen molar-refractivity contribution < 1.29 is 9.53 Å². The number of hydrogen-bond donors (Lipinski definition) is 1. The van der Waals surface area contributed by atoms with E-state index in [1.165, 1.54) is 11.1 Å². The van der Waals surface area contributed by atoms with E-state index in [9.17, 15) is 4.79 Å². The van der Waals surface area contributed by atoms with Crippen LogP contribution in [0, 0.1) is 0 Å². The lowest BCUT2D eigenvalue weighted by molar-refractivity contribution is -0.123. The minimum atomic E-state index is -0.0987. The molecule has 110 valence electrons. The van der Waals surface area contributed by atoms with Crippen LogP contribution in [0.4, 0.5) is 0 Å². The first-order valence-corrected chi connectivity index (χ1v) is 7.18. The fourth-order valence-electron chi connectivity index (χ4n) is 2.05. The second-order valence-corrected chi connectivity index (χ2v) is 5.32. The van der Waals surface area contributed by atoms with Gasteiger partial charge in [-0.15, -0.1) is 0 Å². The van der Waals surface area contributed by atoms with Gasteiger partial charge in [-0.05, 0) is 43.5 Å². The van der Waals surface area contributed by atoms with E-state index in [-0.39, 0.29) is 18.6 Å². The molecule has 2 aromatic rings. The standard InChI is InChI=1S/C18H21NO2/c1-14(2)19-18(20)13-21-17-10-8-16(9-11-17)12-15-6-4-3-5-7-15/h3-11,14H,12-13H2,1-2H3,(H,19,20). The molecule has 0 spiro atoms. The van der Waals surface area contributed by atoms with E-state index in [0.29, 0.717) is 5.75 Å². The number of nitrogens with one attached hydrogen (secondary N) is 1. The molecule has 3 nitrogen and oxygen atoms in total. The second-order valence-electron chi connectivity index (χ2n) is 5.32. The lowest BCUT2D eigenvalue weighted by atomic mass is 10.1. The van der Waals surface area contributed by atoms with E-state index in [1.54, 1.807) is 0 Å².